The predicted octanol–water partition coefficient (Wildman–Crippen LogP) is 3.75. The molecule has 4 N–H and O–H groups in total. The number of nitrogens with one attached hydrogen (secondary N) is 4. The van der Waals surface area contributed by atoms with Crippen LogP contribution in [0.15, 0.2) is 41.8 Å². The van der Waals surface area contributed by atoms with Crippen molar-refractivity contribution in [3.05, 3.63) is 47.9 Å². The summed E-state index contributed by atoms with van der Waals surface area (Å²) in [5.41, 5.74) is 6.85. The number of hydrazone groups is 1. The zero-order valence-corrected chi connectivity index (χ0v) is 15.4. The van der Waals surface area contributed by atoms with Gasteiger partial charge in [0.25, 0.3) is 0 Å². The third-order valence-corrected chi connectivity index (χ3v) is 3.86. The molecule has 0 saturated heterocycles. The molecule has 0 radical (unpaired) electrons. The van der Waals surface area contributed by atoms with Crippen LogP contribution in [0, 0.1) is 19.8 Å². The summed E-state index contributed by atoms with van der Waals surface area (Å²) in [6.45, 7) is 7.89. The Bertz CT molecular complexity index is 825. The van der Waals surface area contributed by atoms with Gasteiger partial charge in [-0.3, -0.25) is 5.43 Å². The number of rotatable bonds is 8. The molecule has 1 fully saturated rings. The topological polar surface area (TPSA) is 86.3 Å². The average molecular weight is 351 g/mol. The summed E-state index contributed by atoms with van der Waals surface area (Å²) in [4.78, 5) is 8.96. The molecule has 136 valence electrons. The van der Waals surface area contributed by atoms with Gasteiger partial charge in [0.1, 0.15) is 11.6 Å². The lowest BCUT2D eigenvalue weighted by molar-refractivity contribution is 0.890. The molecule has 2 aromatic rings. The first kappa shape index (κ1) is 17.7. The molecule has 1 aliphatic carbocycles. The number of hydrogen-bond donors (Lipinski definition) is 4. The average Bonchev–Trinajstić information content (AvgIpc) is 3.37. The van der Waals surface area contributed by atoms with Gasteiger partial charge in [0.05, 0.1) is 0 Å². The minimum absolute atomic E-state index is 0.523. The molecule has 3 rings (SSSR count). The van der Waals surface area contributed by atoms with Crippen molar-refractivity contribution in [2.45, 2.75) is 26.7 Å². The van der Waals surface area contributed by atoms with Crippen LogP contribution in [0.25, 0.3) is 0 Å². The third-order valence-electron chi connectivity index (χ3n) is 3.86. The summed E-state index contributed by atoms with van der Waals surface area (Å²) in [5.74, 6) is 2.36. The highest BCUT2D eigenvalue weighted by Gasteiger charge is 2.18. The van der Waals surface area contributed by atoms with Crippen molar-refractivity contribution in [1.82, 2.24) is 15.4 Å². The Hall–Kier alpha value is -3.09. The molecule has 0 spiro atoms. The van der Waals surface area contributed by atoms with E-state index in [2.05, 4.69) is 49.1 Å². The fraction of sp³-hybridized carbons (Fsp3) is 0.316. The van der Waals surface area contributed by atoms with Gasteiger partial charge in [-0.05, 0) is 56.4 Å². The molecule has 0 bridgehead atoms. The number of benzene rings is 1. The van der Waals surface area contributed by atoms with Crippen molar-refractivity contribution in [1.29, 1.82) is 0 Å². The van der Waals surface area contributed by atoms with Gasteiger partial charge in [0.15, 0.2) is 0 Å². The van der Waals surface area contributed by atoms with Crippen molar-refractivity contribution < 1.29 is 0 Å². The van der Waals surface area contributed by atoms with Gasteiger partial charge < -0.3 is 16.0 Å². The zero-order valence-electron chi connectivity index (χ0n) is 15.4. The smallest absolute Gasteiger partial charge is 0.229 e. The molecular weight excluding hydrogens is 326 g/mol. The molecule has 0 amide bonds. The van der Waals surface area contributed by atoms with Crippen LogP contribution in [-0.4, -0.2) is 23.2 Å². The van der Waals surface area contributed by atoms with E-state index in [-0.39, 0.29) is 0 Å². The maximum atomic E-state index is 4.50. The molecule has 1 aromatic carbocycles. The second-order valence-electron chi connectivity index (χ2n) is 6.51. The summed E-state index contributed by atoms with van der Waals surface area (Å²) in [6.07, 6.45) is 4.36. The highest BCUT2D eigenvalue weighted by Crippen LogP contribution is 2.26. The molecular formula is C19H25N7. The van der Waals surface area contributed by atoms with Crippen molar-refractivity contribution in [3.8, 4) is 0 Å². The minimum Gasteiger partial charge on any atom is -0.388 e. The summed E-state index contributed by atoms with van der Waals surface area (Å²) in [6, 6.07) is 8.00. The van der Waals surface area contributed by atoms with Gasteiger partial charge in [-0.15, -0.1) is 0 Å². The van der Waals surface area contributed by atoms with Gasteiger partial charge >= 0.3 is 0 Å². The number of nitrogens with zero attached hydrogens (tertiary/aromatic N) is 3. The Labute approximate surface area is 154 Å². The zero-order chi connectivity index (χ0) is 18.5. The number of aryl methyl sites for hydroxylation is 2. The lowest BCUT2D eigenvalue weighted by Crippen LogP contribution is -2.14. The molecule has 1 aliphatic rings. The van der Waals surface area contributed by atoms with E-state index >= 15 is 0 Å². The first-order valence-electron chi connectivity index (χ1n) is 8.69. The summed E-state index contributed by atoms with van der Waals surface area (Å²) in [7, 11) is 1.90. The van der Waals surface area contributed by atoms with Crippen molar-refractivity contribution >= 4 is 29.4 Å². The molecule has 1 saturated carbocycles. The molecule has 7 heteroatoms. The van der Waals surface area contributed by atoms with Crippen molar-refractivity contribution in [2.24, 2.45) is 11.0 Å². The van der Waals surface area contributed by atoms with E-state index < -0.39 is 0 Å². The summed E-state index contributed by atoms with van der Waals surface area (Å²) >= 11 is 0. The van der Waals surface area contributed by atoms with E-state index in [9.17, 15) is 0 Å². The fourth-order valence-corrected chi connectivity index (χ4v) is 2.47. The van der Waals surface area contributed by atoms with Crippen LogP contribution in [0.2, 0.25) is 0 Å². The molecule has 1 aromatic heterocycles. The molecule has 1 heterocycles. The van der Waals surface area contributed by atoms with Gasteiger partial charge in [-0.2, -0.15) is 10.1 Å². The summed E-state index contributed by atoms with van der Waals surface area (Å²) in [5, 5.41) is 13.7. The molecule has 0 aliphatic heterocycles. The highest BCUT2D eigenvalue weighted by molar-refractivity contribution is 5.64. The van der Waals surface area contributed by atoms with Gasteiger partial charge in [0.2, 0.25) is 5.95 Å². The van der Waals surface area contributed by atoms with E-state index in [1.165, 1.54) is 12.8 Å². The van der Waals surface area contributed by atoms with Crippen molar-refractivity contribution in [3.63, 3.8) is 0 Å². The number of anilines is 4. The van der Waals surface area contributed by atoms with E-state index in [0.717, 1.165) is 22.6 Å². The van der Waals surface area contributed by atoms with E-state index in [0.29, 0.717) is 23.5 Å². The Morgan fingerprint density at radius 3 is 2.65 bits per heavy atom. The van der Waals surface area contributed by atoms with Gasteiger partial charge in [0, 0.05) is 36.4 Å². The Kier molecular flexibility index (Phi) is 5.36. The molecule has 0 atom stereocenters. The van der Waals surface area contributed by atoms with Gasteiger partial charge in [-0.25, -0.2) is 4.98 Å². The number of hydrogen-bond acceptors (Lipinski definition) is 7. The molecule has 7 nitrogen and oxygen atoms in total. The maximum absolute atomic E-state index is 4.50. The van der Waals surface area contributed by atoms with Crippen LogP contribution in [-0.2, 0) is 0 Å². The Morgan fingerprint density at radius 1 is 1.15 bits per heavy atom. The lowest BCUT2D eigenvalue weighted by Gasteiger charge is -2.12. The SMILES string of the molecule is C=C(N/N=C/C1CC1)Nc1cc(C)nc(Nc2cc(C)cc(NC)c2)n1. The first-order chi connectivity index (χ1) is 12.5. The van der Waals surface area contributed by atoms with E-state index in [4.69, 9.17) is 0 Å². The molecule has 26 heavy (non-hydrogen) atoms. The van der Waals surface area contributed by atoms with Crippen LogP contribution in [0.1, 0.15) is 24.1 Å². The second-order valence-corrected chi connectivity index (χ2v) is 6.51. The van der Waals surface area contributed by atoms with E-state index in [1.807, 2.05) is 45.3 Å². The largest absolute Gasteiger partial charge is 0.388 e. The van der Waals surface area contributed by atoms with Crippen molar-refractivity contribution in [2.75, 3.05) is 23.0 Å². The first-order valence-corrected chi connectivity index (χ1v) is 8.69. The normalized spacial score (nSPS) is 13.5. The Morgan fingerprint density at radius 2 is 1.92 bits per heavy atom. The summed E-state index contributed by atoms with van der Waals surface area (Å²) < 4.78 is 0. The monoisotopic (exact) mass is 351 g/mol. The second kappa shape index (κ2) is 7.86. The quantitative estimate of drug-likeness (QED) is 0.428. The van der Waals surface area contributed by atoms with Crippen LogP contribution >= 0.6 is 0 Å². The predicted molar refractivity (Wildman–Crippen MR) is 108 cm³/mol. The lowest BCUT2D eigenvalue weighted by atomic mass is 10.2. The fourth-order valence-electron chi connectivity index (χ4n) is 2.47. The van der Waals surface area contributed by atoms with Crippen LogP contribution in [0.5, 0.6) is 0 Å². The maximum Gasteiger partial charge on any atom is 0.229 e. The minimum atomic E-state index is 0.523. The number of aromatic nitrogens is 2. The van der Waals surface area contributed by atoms with Crippen LogP contribution < -0.4 is 21.4 Å². The molecule has 0 unspecified atom stereocenters. The van der Waals surface area contributed by atoms with E-state index in [1.54, 1.807) is 0 Å². The van der Waals surface area contributed by atoms with Gasteiger partial charge in [-0.1, -0.05) is 6.58 Å². The van der Waals surface area contributed by atoms with Crippen LogP contribution in [0.4, 0.5) is 23.1 Å². The van der Waals surface area contributed by atoms with Crippen LogP contribution in [0.3, 0.4) is 0 Å². The Balaban J connectivity index is 1.68. The highest BCUT2D eigenvalue weighted by atomic mass is 15.3. The standard InChI is InChI=1S/C19H25N7/c1-12-7-16(20-4)10-17(8-12)24-19-22-13(2)9-18(25-19)23-14(3)26-21-11-15-5-6-15/h7-11,15,20,26H,3,5-6H2,1-2,4H3,(H2,22,23,24,25)/b21-11+. The third kappa shape index (κ3) is 5.20.